The van der Waals surface area contributed by atoms with Crippen LogP contribution in [0.1, 0.15) is 26.7 Å². The summed E-state index contributed by atoms with van der Waals surface area (Å²) in [5, 5.41) is 3.38. The molecule has 0 spiro atoms. The Bertz CT molecular complexity index is 297. The van der Waals surface area contributed by atoms with Crippen LogP contribution in [0.3, 0.4) is 0 Å². The first-order valence-electron chi connectivity index (χ1n) is 7.41. The molecule has 2 aliphatic heterocycles. The highest BCUT2D eigenvalue weighted by molar-refractivity contribution is 5.07. The molecule has 2 heterocycles. The van der Waals surface area contributed by atoms with Gasteiger partial charge in [0.1, 0.15) is 0 Å². The highest BCUT2D eigenvalue weighted by atomic mass is 15.2. The van der Waals surface area contributed by atoms with E-state index in [2.05, 4.69) is 40.8 Å². The Balaban J connectivity index is 1.74. The Morgan fingerprint density at radius 1 is 1.22 bits per heavy atom. The van der Waals surface area contributed by atoms with Crippen LogP contribution in [0, 0.1) is 17.8 Å². The van der Waals surface area contributed by atoms with Gasteiger partial charge in [-0.15, -0.1) is 0 Å². The fourth-order valence-electron chi connectivity index (χ4n) is 2.76. The number of likely N-dealkylation sites (tertiary alicyclic amines) is 1. The maximum atomic E-state index is 3.50. The molecule has 2 fully saturated rings. The molecule has 1 atom stereocenters. The predicted molar refractivity (Wildman–Crippen MR) is 76.5 cm³/mol. The molecule has 0 amide bonds. The topological polar surface area (TPSA) is 18.5 Å². The van der Waals surface area contributed by atoms with Crippen molar-refractivity contribution in [3.05, 3.63) is 0 Å². The standard InChI is InChI=1S/C15H27N3/c1-14(2)18-10-4-6-15(13-18)5-3-9-17-11-7-16-8-12-17/h14-16H,4,6-13H2,1-2H3. The Labute approximate surface area is 112 Å². The highest BCUT2D eigenvalue weighted by Gasteiger charge is 2.19. The number of hydrogen-bond donors (Lipinski definition) is 1. The van der Waals surface area contributed by atoms with Crippen LogP contribution in [0.4, 0.5) is 0 Å². The van der Waals surface area contributed by atoms with E-state index < -0.39 is 0 Å². The number of nitrogens with one attached hydrogen (secondary N) is 1. The lowest BCUT2D eigenvalue weighted by molar-refractivity contribution is 0.161. The summed E-state index contributed by atoms with van der Waals surface area (Å²) >= 11 is 0. The van der Waals surface area contributed by atoms with Crippen molar-refractivity contribution >= 4 is 0 Å². The van der Waals surface area contributed by atoms with Crippen LogP contribution in [-0.2, 0) is 0 Å². The van der Waals surface area contributed by atoms with Crippen molar-refractivity contribution in [3.63, 3.8) is 0 Å². The minimum atomic E-state index is 0.601. The minimum absolute atomic E-state index is 0.601. The molecule has 2 rings (SSSR count). The molecule has 0 aromatic carbocycles. The average Bonchev–Trinajstić information content (AvgIpc) is 2.40. The molecule has 0 bridgehead atoms. The first-order valence-corrected chi connectivity index (χ1v) is 7.41. The maximum absolute atomic E-state index is 3.50. The van der Waals surface area contributed by atoms with E-state index in [-0.39, 0.29) is 0 Å². The largest absolute Gasteiger partial charge is 0.314 e. The summed E-state index contributed by atoms with van der Waals surface area (Å²) in [5.41, 5.74) is 0. The lowest BCUT2D eigenvalue weighted by Gasteiger charge is -2.33. The van der Waals surface area contributed by atoms with Crippen molar-refractivity contribution in [1.29, 1.82) is 0 Å². The Morgan fingerprint density at radius 2 is 2.00 bits per heavy atom. The SMILES string of the molecule is CC(C)N1CCCC(C#CCN2CCNCC2)C1. The highest BCUT2D eigenvalue weighted by Crippen LogP contribution is 2.17. The number of nitrogens with zero attached hydrogens (tertiary/aromatic N) is 2. The zero-order chi connectivity index (χ0) is 12.8. The van der Waals surface area contributed by atoms with E-state index in [4.69, 9.17) is 0 Å². The van der Waals surface area contributed by atoms with E-state index in [1.165, 1.54) is 25.9 Å². The van der Waals surface area contributed by atoms with E-state index in [9.17, 15) is 0 Å². The third-order valence-electron chi connectivity index (χ3n) is 4.00. The van der Waals surface area contributed by atoms with Crippen LogP contribution in [0.2, 0.25) is 0 Å². The molecule has 2 aliphatic rings. The van der Waals surface area contributed by atoms with E-state index in [1.807, 2.05) is 0 Å². The average molecular weight is 249 g/mol. The molecule has 3 heteroatoms. The summed E-state index contributed by atoms with van der Waals surface area (Å²) in [5.74, 6) is 7.51. The maximum Gasteiger partial charge on any atom is 0.0602 e. The van der Waals surface area contributed by atoms with Gasteiger partial charge < -0.3 is 5.32 Å². The van der Waals surface area contributed by atoms with Crippen molar-refractivity contribution in [1.82, 2.24) is 15.1 Å². The molecule has 0 aliphatic carbocycles. The van der Waals surface area contributed by atoms with Gasteiger partial charge in [0, 0.05) is 44.7 Å². The summed E-state index contributed by atoms with van der Waals surface area (Å²) in [6.45, 7) is 12.5. The molecule has 3 nitrogen and oxygen atoms in total. The third kappa shape index (κ3) is 4.28. The van der Waals surface area contributed by atoms with Crippen LogP contribution in [-0.4, -0.2) is 61.7 Å². The number of piperazine rings is 1. The molecular weight excluding hydrogens is 222 g/mol. The van der Waals surface area contributed by atoms with Crippen LogP contribution >= 0.6 is 0 Å². The summed E-state index contributed by atoms with van der Waals surface area (Å²) in [6.07, 6.45) is 2.60. The van der Waals surface area contributed by atoms with Crippen molar-refractivity contribution in [3.8, 4) is 11.8 Å². The second-order valence-corrected chi connectivity index (χ2v) is 5.78. The summed E-state index contributed by atoms with van der Waals surface area (Å²) in [6, 6.07) is 0.669. The lowest BCUT2D eigenvalue weighted by atomic mass is 9.97. The van der Waals surface area contributed by atoms with Crippen LogP contribution in [0.5, 0.6) is 0 Å². The summed E-state index contributed by atoms with van der Waals surface area (Å²) in [4.78, 5) is 5.01. The molecule has 18 heavy (non-hydrogen) atoms. The second kappa shape index (κ2) is 7.13. The molecule has 0 radical (unpaired) electrons. The number of hydrogen-bond acceptors (Lipinski definition) is 3. The summed E-state index contributed by atoms with van der Waals surface area (Å²) < 4.78 is 0. The fraction of sp³-hybridized carbons (Fsp3) is 0.867. The zero-order valence-corrected chi connectivity index (χ0v) is 11.9. The number of rotatable bonds is 2. The van der Waals surface area contributed by atoms with Gasteiger partial charge in [-0.05, 0) is 33.2 Å². The van der Waals surface area contributed by atoms with Crippen molar-refractivity contribution in [2.75, 3.05) is 45.8 Å². The molecule has 1 N–H and O–H groups in total. The van der Waals surface area contributed by atoms with E-state index in [1.54, 1.807) is 0 Å². The molecule has 1 unspecified atom stereocenters. The van der Waals surface area contributed by atoms with Gasteiger partial charge in [-0.3, -0.25) is 9.80 Å². The van der Waals surface area contributed by atoms with Crippen LogP contribution < -0.4 is 5.32 Å². The zero-order valence-electron chi connectivity index (χ0n) is 11.9. The molecule has 0 saturated carbocycles. The Kier molecular flexibility index (Phi) is 5.49. The van der Waals surface area contributed by atoms with Gasteiger partial charge in [-0.2, -0.15) is 0 Å². The first kappa shape index (κ1) is 13.9. The Hall–Kier alpha value is -0.560. The van der Waals surface area contributed by atoms with Crippen molar-refractivity contribution < 1.29 is 0 Å². The second-order valence-electron chi connectivity index (χ2n) is 5.78. The van der Waals surface area contributed by atoms with Gasteiger partial charge in [0.05, 0.1) is 6.54 Å². The van der Waals surface area contributed by atoms with Gasteiger partial charge in [0.2, 0.25) is 0 Å². The predicted octanol–water partition coefficient (Wildman–Crippen LogP) is 1.02. The van der Waals surface area contributed by atoms with E-state index in [0.717, 1.165) is 32.7 Å². The molecule has 0 aromatic rings. The van der Waals surface area contributed by atoms with Crippen LogP contribution in [0.15, 0.2) is 0 Å². The quantitative estimate of drug-likeness (QED) is 0.737. The van der Waals surface area contributed by atoms with Gasteiger partial charge in [-0.25, -0.2) is 0 Å². The Morgan fingerprint density at radius 3 is 2.72 bits per heavy atom. The van der Waals surface area contributed by atoms with Gasteiger partial charge in [0.25, 0.3) is 0 Å². The normalized spacial score (nSPS) is 26.9. The van der Waals surface area contributed by atoms with E-state index in [0.29, 0.717) is 12.0 Å². The smallest absolute Gasteiger partial charge is 0.0602 e. The lowest BCUT2D eigenvalue weighted by Crippen LogP contribution is -2.43. The summed E-state index contributed by atoms with van der Waals surface area (Å²) in [7, 11) is 0. The van der Waals surface area contributed by atoms with Gasteiger partial charge >= 0.3 is 0 Å². The fourth-order valence-corrected chi connectivity index (χ4v) is 2.76. The minimum Gasteiger partial charge on any atom is -0.314 e. The van der Waals surface area contributed by atoms with Crippen molar-refractivity contribution in [2.45, 2.75) is 32.7 Å². The van der Waals surface area contributed by atoms with E-state index >= 15 is 0 Å². The van der Waals surface area contributed by atoms with Gasteiger partial charge in [0.15, 0.2) is 0 Å². The molecular formula is C15H27N3. The molecule has 0 aromatic heterocycles. The molecule has 2 saturated heterocycles. The van der Waals surface area contributed by atoms with Gasteiger partial charge in [-0.1, -0.05) is 11.8 Å². The molecule has 102 valence electrons. The number of piperidine rings is 1. The first-order chi connectivity index (χ1) is 8.75. The van der Waals surface area contributed by atoms with Crippen molar-refractivity contribution in [2.24, 2.45) is 5.92 Å². The van der Waals surface area contributed by atoms with Crippen LogP contribution in [0.25, 0.3) is 0 Å². The third-order valence-corrected chi connectivity index (χ3v) is 4.00. The monoisotopic (exact) mass is 249 g/mol.